The third-order valence-electron chi connectivity index (χ3n) is 0.354. The predicted octanol–water partition coefficient (Wildman–Crippen LogP) is -3.14. The Bertz CT molecular complexity index is 14.4. The maximum absolute atomic E-state index is 3.60. The maximum atomic E-state index is 3.60. The molecule has 0 fully saturated rings. The van der Waals surface area contributed by atoms with Crippen LogP contribution in [0.1, 0.15) is 33.1 Å². The van der Waals surface area contributed by atoms with Gasteiger partial charge in [-0.15, -0.1) is 0 Å². The molecule has 0 aromatic rings. The molecule has 0 aromatic carbocycles. The smallest absolute Gasteiger partial charge is 0.344 e. The molecular formula is C7H16Li2. The molecule has 46 valence electrons. The normalized spacial score (nSPS) is 5.33. The fraction of sp³-hybridized carbons (Fsp3) is 0.714. The molecule has 0 aromatic heterocycles. The second-order valence-electron chi connectivity index (χ2n) is 1.35. The summed E-state index contributed by atoms with van der Waals surface area (Å²) in [7, 11) is 0. The summed E-state index contributed by atoms with van der Waals surface area (Å²) >= 11 is 0. The fourth-order valence-corrected chi connectivity index (χ4v) is 0. The van der Waals surface area contributed by atoms with Crippen LogP contribution < -0.4 is 37.7 Å². The van der Waals surface area contributed by atoms with Crippen LogP contribution in [-0.4, -0.2) is 0 Å². The van der Waals surface area contributed by atoms with Crippen LogP contribution in [-0.2, 0) is 0 Å². The molecule has 0 unspecified atom stereocenters. The van der Waals surface area contributed by atoms with Crippen molar-refractivity contribution in [3.63, 3.8) is 0 Å². The van der Waals surface area contributed by atoms with Gasteiger partial charge in [0.25, 0.3) is 0 Å². The molecule has 0 saturated heterocycles. The Hall–Kier alpha value is 1.19. The van der Waals surface area contributed by atoms with Crippen LogP contribution in [0.4, 0.5) is 0 Å². The average molecular weight is 114 g/mol. The largest absolute Gasteiger partial charge is 1.00 e. The maximum Gasteiger partial charge on any atom is 1.00 e. The zero-order valence-corrected chi connectivity index (χ0v) is 7.54. The summed E-state index contributed by atoms with van der Waals surface area (Å²) in [5, 5.41) is 0. The molecule has 0 heterocycles. The molecule has 9 heavy (non-hydrogen) atoms. The minimum atomic E-state index is 0. The van der Waals surface area contributed by atoms with Crippen molar-refractivity contribution in [1.29, 1.82) is 0 Å². The van der Waals surface area contributed by atoms with E-state index in [0.717, 1.165) is 12.8 Å². The summed E-state index contributed by atoms with van der Waals surface area (Å²) < 4.78 is 0. The van der Waals surface area contributed by atoms with Crippen molar-refractivity contribution in [3.05, 3.63) is 13.8 Å². The predicted molar refractivity (Wildman–Crippen MR) is 35.9 cm³/mol. The van der Waals surface area contributed by atoms with E-state index in [1.165, 1.54) is 6.42 Å². The van der Waals surface area contributed by atoms with Crippen LogP contribution in [0, 0.1) is 13.8 Å². The topological polar surface area (TPSA) is 0 Å². The second-order valence-corrected chi connectivity index (χ2v) is 1.35. The summed E-state index contributed by atoms with van der Waals surface area (Å²) in [6.45, 7) is 11.2. The van der Waals surface area contributed by atoms with Gasteiger partial charge in [-0.1, -0.05) is 20.3 Å². The van der Waals surface area contributed by atoms with Crippen molar-refractivity contribution in [1.82, 2.24) is 0 Å². The minimum absolute atomic E-state index is 0. The van der Waals surface area contributed by atoms with Crippen molar-refractivity contribution < 1.29 is 37.7 Å². The summed E-state index contributed by atoms with van der Waals surface area (Å²) in [6.07, 6.45) is 3.28. The van der Waals surface area contributed by atoms with Crippen LogP contribution in [0.25, 0.3) is 0 Å². The van der Waals surface area contributed by atoms with Gasteiger partial charge in [0, 0.05) is 0 Å². The van der Waals surface area contributed by atoms with Gasteiger partial charge in [0.2, 0.25) is 0 Å². The number of hydrogen-bond donors (Lipinski definition) is 0. The molecule has 0 bridgehead atoms. The van der Waals surface area contributed by atoms with E-state index in [1.54, 1.807) is 0 Å². The van der Waals surface area contributed by atoms with Gasteiger partial charge in [0.1, 0.15) is 0 Å². The van der Waals surface area contributed by atoms with Crippen molar-refractivity contribution in [2.75, 3.05) is 0 Å². The van der Waals surface area contributed by atoms with Crippen molar-refractivity contribution in [3.8, 4) is 0 Å². The first kappa shape index (κ1) is 22.5. The number of hydrogen-bond acceptors (Lipinski definition) is 0. The Morgan fingerprint density at radius 1 is 1.00 bits per heavy atom. The fourth-order valence-electron chi connectivity index (χ4n) is 0. The molecule has 0 saturated carbocycles. The van der Waals surface area contributed by atoms with Crippen molar-refractivity contribution >= 4 is 0 Å². The molecule has 2 heteroatoms. The van der Waals surface area contributed by atoms with E-state index < -0.39 is 0 Å². The van der Waals surface area contributed by atoms with Crippen molar-refractivity contribution in [2.45, 2.75) is 33.1 Å². The Morgan fingerprint density at radius 3 is 1.11 bits per heavy atom. The first-order valence-corrected chi connectivity index (χ1v) is 2.91. The average Bonchev–Trinajstić information content (AvgIpc) is 1.69. The number of rotatable bonds is 1. The Morgan fingerprint density at radius 2 is 1.11 bits per heavy atom. The van der Waals surface area contributed by atoms with E-state index in [4.69, 9.17) is 0 Å². The molecule has 0 radical (unpaired) electrons. The van der Waals surface area contributed by atoms with Gasteiger partial charge in [-0.05, 0) is 0 Å². The van der Waals surface area contributed by atoms with E-state index in [2.05, 4.69) is 20.8 Å². The standard InChI is InChI=1S/C4H9.C3H7.2Li/c1-3-4-2;1-3-2;;/h1,3-4H2,2H3;1,3H2,2H3;;/q2*-1;2*+1. The van der Waals surface area contributed by atoms with Crippen LogP contribution in [0.2, 0.25) is 0 Å². The van der Waals surface area contributed by atoms with E-state index in [0.29, 0.717) is 0 Å². The quantitative estimate of drug-likeness (QED) is 0.249. The summed E-state index contributed by atoms with van der Waals surface area (Å²) in [5.74, 6) is 0. The molecule has 0 amide bonds. The molecule has 0 N–H and O–H groups in total. The number of unbranched alkanes of at least 4 members (excludes halogenated alkanes) is 1. The van der Waals surface area contributed by atoms with Crippen LogP contribution >= 0.6 is 0 Å². The van der Waals surface area contributed by atoms with Crippen molar-refractivity contribution in [2.24, 2.45) is 0 Å². The van der Waals surface area contributed by atoms with Crippen LogP contribution in [0.15, 0.2) is 0 Å². The molecule has 0 nitrogen and oxygen atoms in total. The third kappa shape index (κ3) is 98.8. The molecule has 0 spiro atoms. The SMILES string of the molecule is [CH2-]CC.[CH2-]CCC.[Li+].[Li+]. The molecular weight excluding hydrogens is 98.0 g/mol. The summed E-state index contributed by atoms with van der Waals surface area (Å²) in [4.78, 5) is 0. The van der Waals surface area contributed by atoms with Gasteiger partial charge in [-0.2, -0.15) is 12.8 Å². The van der Waals surface area contributed by atoms with Gasteiger partial charge in [0.15, 0.2) is 0 Å². The monoisotopic (exact) mass is 114 g/mol. The Labute approximate surface area is 84.5 Å². The molecule has 0 aliphatic rings. The van der Waals surface area contributed by atoms with Gasteiger partial charge >= 0.3 is 37.7 Å². The zero-order valence-electron chi connectivity index (χ0n) is 7.54. The minimum Gasteiger partial charge on any atom is -0.344 e. The van der Waals surface area contributed by atoms with E-state index >= 15 is 0 Å². The zero-order chi connectivity index (χ0) is 6.12. The van der Waals surface area contributed by atoms with E-state index in [1.807, 2.05) is 6.92 Å². The van der Waals surface area contributed by atoms with Gasteiger partial charge in [-0.3, -0.25) is 0 Å². The van der Waals surface area contributed by atoms with E-state index in [9.17, 15) is 0 Å². The second kappa shape index (κ2) is 35.1. The first-order valence-electron chi connectivity index (χ1n) is 2.91. The first-order chi connectivity index (χ1) is 3.33. The van der Waals surface area contributed by atoms with Crippen LogP contribution in [0.5, 0.6) is 0 Å². The molecule has 0 aliphatic heterocycles. The Balaban J connectivity index is -0.0000000233. The summed E-state index contributed by atoms with van der Waals surface area (Å²) in [5.41, 5.74) is 0. The van der Waals surface area contributed by atoms with E-state index in [-0.39, 0.29) is 37.7 Å². The van der Waals surface area contributed by atoms with Gasteiger partial charge < -0.3 is 13.8 Å². The van der Waals surface area contributed by atoms with Gasteiger partial charge in [-0.25, -0.2) is 0 Å². The van der Waals surface area contributed by atoms with Crippen LogP contribution in [0.3, 0.4) is 0 Å². The molecule has 0 rings (SSSR count). The summed E-state index contributed by atoms with van der Waals surface area (Å²) in [6, 6.07) is 0. The molecule has 0 aliphatic carbocycles. The van der Waals surface area contributed by atoms with Gasteiger partial charge in [0.05, 0.1) is 0 Å². The third-order valence-corrected chi connectivity index (χ3v) is 0.354. The molecule has 0 atom stereocenters. The Kier molecular flexibility index (Phi) is 87.6.